The smallest absolute Gasteiger partial charge is 0.337 e. The van der Waals surface area contributed by atoms with Gasteiger partial charge in [0.1, 0.15) is 12.1 Å². The second-order valence-electron chi connectivity index (χ2n) is 4.92. The van der Waals surface area contributed by atoms with Gasteiger partial charge in [0.2, 0.25) is 0 Å². The number of rotatable bonds is 3. The molecule has 2 aromatic heterocycles. The van der Waals surface area contributed by atoms with E-state index in [0.717, 1.165) is 0 Å². The summed E-state index contributed by atoms with van der Waals surface area (Å²) in [5, 5.41) is 18.8. The highest BCUT2D eigenvalue weighted by Gasteiger charge is 2.24. The molecule has 1 aliphatic heterocycles. The molecular formula is C14H14N4O3. The van der Waals surface area contributed by atoms with Crippen molar-refractivity contribution < 1.29 is 15.0 Å². The fraction of sp³-hybridized carbons (Fsp3) is 0.286. The third-order valence-corrected chi connectivity index (χ3v) is 3.45. The molecule has 3 heterocycles. The minimum Gasteiger partial charge on any atom is -0.478 e. The molecule has 21 heavy (non-hydrogen) atoms. The van der Waals surface area contributed by atoms with Crippen molar-refractivity contribution in [2.75, 3.05) is 18.0 Å². The first-order valence-corrected chi connectivity index (χ1v) is 6.57. The van der Waals surface area contributed by atoms with Crippen LogP contribution in [0.5, 0.6) is 0 Å². The molecule has 108 valence electrons. The number of aliphatic hydroxyl groups excluding tert-OH is 1. The molecule has 0 amide bonds. The normalized spacial score (nSPS) is 18.0. The van der Waals surface area contributed by atoms with Crippen LogP contribution < -0.4 is 4.90 Å². The molecule has 0 radical (unpaired) electrons. The molecule has 2 aromatic rings. The number of carboxylic acid groups (broad SMARTS) is 1. The molecule has 1 atom stereocenters. The van der Waals surface area contributed by atoms with E-state index in [1.165, 1.54) is 12.5 Å². The lowest BCUT2D eigenvalue weighted by Gasteiger charge is -2.20. The first kappa shape index (κ1) is 13.4. The van der Waals surface area contributed by atoms with E-state index in [-0.39, 0.29) is 11.7 Å². The van der Waals surface area contributed by atoms with Gasteiger partial charge in [-0.3, -0.25) is 0 Å². The zero-order valence-electron chi connectivity index (χ0n) is 11.2. The predicted octanol–water partition coefficient (Wildman–Crippen LogP) is 0.808. The van der Waals surface area contributed by atoms with Crippen LogP contribution in [0, 0.1) is 0 Å². The second kappa shape index (κ2) is 5.45. The van der Waals surface area contributed by atoms with E-state index < -0.39 is 5.97 Å². The molecule has 0 saturated carbocycles. The minimum absolute atomic E-state index is 0.109. The van der Waals surface area contributed by atoms with E-state index in [4.69, 9.17) is 5.11 Å². The van der Waals surface area contributed by atoms with Crippen LogP contribution in [0.1, 0.15) is 16.8 Å². The van der Waals surface area contributed by atoms with Crippen molar-refractivity contribution in [1.82, 2.24) is 15.0 Å². The lowest BCUT2D eigenvalue weighted by molar-refractivity contribution is 0.0696. The Hall–Kier alpha value is -2.54. The van der Waals surface area contributed by atoms with Gasteiger partial charge in [0.25, 0.3) is 0 Å². The van der Waals surface area contributed by atoms with Gasteiger partial charge in [-0.25, -0.2) is 19.7 Å². The zero-order valence-corrected chi connectivity index (χ0v) is 11.2. The molecule has 1 aliphatic rings. The maximum atomic E-state index is 11.1. The number of carbonyl (C=O) groups is 1. The molecule has 0 bridgehead atoms. The van der Waals surface area contributed by atoms with Gasteiger partial charge in [-0.05, 0) is 12.5 Å². The quantitative estimate of drug-likeness (QED) is 0.861. The van der Waals surface area contributed by atoms with Crippen LogP contribution >= 0.6 is 0 Å². The largest absolute Gasteiger partial charge is 0.478 e. The van der Waals surface area contributed by atoms with E-state index in [2.05, 4.69) is 15.0 Å². The highest BCUT2D eigenvalue weighted by molar-refractivity contribution is 5.90. The molecule has 0 spiro atoms. The molecule has 2 N–H and O–H groups in total. The van der Waals surface area contributed by atoms with E-state index in [0.29, 0.717) is 36.5 Å². The Kier molecular flexibility index (Phi) is 3.49. The third kappa shape index (κ3) is 2.68. The Balaban J connectivity index is 2.09. The average molecular weight is 286 g/mol. The molecule has 7 heteroatoms. The van der Waals surface area contributed by atoms with Gasteiger partial charge >= 0.3 is 5.97 Å². The zero-order chi connectivity index (χ0) is 14.8. The molecule has 1 saturated heterocycles. The lowest BCUT2D eigenvalue weighted by atomic mass is 10.1. The number of β-amino-alcohol motifs (C(OH)–C–C–N with tert-alkyl or cyclic N) is 1. The Morgan fingerprint density at radius 3 is 2.67 bits per heavy atom. The molecule has 0 aromatic carbocycles. The standard InChI is InChI=1S/C14H14N4O3/c19-11-1-2-18(7-11)13-12(10-4-15-8-16-5-10)3-9(6-17-13)14(20)21/h3-6,8,11,19H,1-2,7H2,(H,20,21)/t11-/m1/s1. The van der Waals surface area contributed by atoms with E-state index >= 15 is 0 Å². The predicted molar refractivity (Wildman–Crippen MR) is 75.1 cm³/mol. The highest BCUT2D eigenvalue weighted by atomic mass is 16.4. The van der Waals surface area contributed by atoms with E-state index in [1.54, 1.807) is 18.5 Å². The fourth-order valence-electron chi connectivity index (χ4n) is 2.41. The van der Waals surface area contributed by atoms with E-state index in [9.17, 15) is 9.90 Å². The second-order valence-corrected chi connectivity index (χ2v) is 4.92. The minimum atomic E-state index is -1.03. The number of hydrogen-bond donors (Lipinski definition) is 2. The number of anilines is 1. The fourth-order valence-corrected chi connectivity index (χ4v) is 2.41. The topological polar surface area (TPSA) is 99.4 Å². The third-order valence-electron chi connectivity index (χ3n) is 3.45. The van der Waals surface area contributed by atoms with Crippen LogP contribution in [0.2, 0.25) is 0 Å². The van der Waals surface area contributed by atoms with Crippen molar-refractivity contribution >= 4 is 11.8 Å². The van der Waals surface area contributed by atoms with Crippen LogP contribution in [-0.2, 0) is 0 Å². The SMILES string of the molecule is O=C(O)c1cnc(N2CC[C@@H](O)C2)c(-c2cncnc2)c1. The van der Waals surface area contributed by atoms with Crippen molar-refractivity contribution in [2.24, 2.45) is 0 Å². The summed E-state index contributed by atoms with van der Waals surface area (Å²) < 4.78 is 0. The summed E-state index contributed by atoms with van der Waals surface area (Å²) in [7, 11) is 0. The molecule has 0 aliphatic carbocycles. The molecule has 3 rings (SSSR count). The van der Waals surface area contributed by atoms with Gasteiger partial charge in [0.15, 0.2) is 0 Å². The van der Waals surface area contributed by atoms with Crippen molar-refractivity contribution in [3.05, 3.63) is 36.5 Å². The average Bonchev–Trinajstić information content (AvgIpc) is 2.94. The van der Waals surface area contributed by atoms with Crippen LogP contribution in [0.4, 0.5) is 5.82 Å². The van der Waals surface area contributed by atoms with Crippen LogP contribution in [0.15, 0.2) is 31.0 Å². The summed E-state index contributed by atoms with van der Waals surface area (Å²) in [4.78, 5) is 25.3. The van der Waals surface area contributed by atoms with Gasteiger partial charge in [-0.1, -0.05) is 0 Å². The Morgan fingerprint density at radius 2 is 2.05 bits per heavy atom. The number of aromatic nitrogens is 3. The van der Waals surface area contributed by atoms with Gasteiger partial charge in [0, 0.05) is 42.8 Å². The van der Waals surface area contributed by atoms with Gasteiger partial charge < -0.3 is 15.1 Å². The Morgan fingerprint density at radius 1 is 1.29 bits per heavy atom. The summed E-state index contributed by atoms with van der Waals surface area (Å²) in [6.45, 7) is 1.17. The molecule has 7 nitrogen and oxygen atoms in total. The lowest BCUT2D eigenvalue weighted by Crippen LogP contribution is -2.23. The van der Waals surface area contributed by atoms with Crippen molar-refractivity contribution in [3.8, 4) is 11.1 Å². The van der Waals surface area contributed by atoms with Gasteiger partial charge in [0.05, 0.1) is 11.7 Å². The number of pyridine rings is 1. The number of aromatic carboxylic acids is 1. The van der Waals surface area contributed by atoms with Crippen LogP contribution in [0.25, 0.3) is 11.1 Å². The molecule has 1 fully saturated rings. The van der Waals surface area contributed by atoms with Crippen molar-refractivity contribution in [2.45, 2.75) is 12.5 Å². The highest BCUT2D eigenvalue weighted by Crippen LogP contribution is 2.31. The number of carboxylic acids is 1. The van der Waals surface area contributed by atoms with Crippen molar-refractivity contribution in [1.29, 1.82) is 0 Å². The van der Waals surface area contributed by atoms with Crippen LogP contribution in [-0.4, -0.2) is 50.3 Å². The number of nitrogens with zero attached hydrogens (tertiary/aromatic N) is 4. The summed E-state index contributed by atoms with van der Waals surface area (Å²) in [5.41, 5.74) is 1.46. The number of aliphatic hydroxyl groups is 1. The summed E-state index contributed by atoms with van der Waals surface area (Å²) >= 11 is 0. The Labute approximate surface area is 120 Å². The van der Waals surface area contributed by atoms with Crippen molar-refractivity contribution in [3.63, 3.8) is 0 Å². The molecule has 0 unspecified atom stereocenters. The maximum Gasteiger partial charge on any atom is 0.337 e. The van der Waals surface area contributed by atoms with Gasteiger partial charge in [-0.15, -0.1) is 0 Å². The summed E-state index contributed by atoms with van der Waals surface area (Å²) in [6, 6.07) is 1.56. The Bertz CT molecular complexity index is 663. The monoisotopic (exact) mass is 286 g/mol. The molecular weight excluding hydrogens is 272 g/mol. The van der Waals surface area contributed by atoms with Crippen LogP contribution in [0.3, 0.4) is 0 Å². The summed E-state index contributed by atoms with van der Waals surface area (Å²) in [5.74, 6) is -0.389. The number of hydrogen-bond acceptors (Lipinski definition) is 6. The first-order chi connectivity index (χ1) is 10.1. The van der Waals surface area contributed by atoms with E-state index in [1.807, 2.05) is 4.90 Å². The first-order valence-electron chi connectivity index (χ1n) is 6.57. The maximum absolute atomic E-state index is 11.1. The van der Waals surface area contributed by atoms with Gasteiger partial charge in [-0.2, -0.15) is 0 Å². The summed E-state index contributed by atoms with van der Waals surface area (Å²) in [6.07, 6.45) is 6.27.